The van der Waals surface area contributed by atoms with Gasteiger partial charge in [-0.1, -0.05) is 29.8 Å². The molecule has 1 unspecified atom stereocenters. The molecule has 1 aliphatic carbocycles. The Bertz CT molecular complexity index is 1440. The summed E-state index contributed by atoms with van der Waals surface area (Å²) >= 11 is 0. The molecule has 1 amide bonds. The molecule has 2 aliphatic heterocycles. The van der Waals surface area contributed by atoms with Gasteiger partial charge in [-0.3, -0.25) is 14.2 Å². The van der Waals surface area contributed by atoms with Crippen LogP contribution in [0.4, 0.5) is 8.78 Å². The summed E-state index contributed by atoms with van der Waals surface area (Å²) in [5.74, 6) is 0.301. The molecule has 3 aliphatic rings. The molecule has 41 heavy (non-hydrogen) atoms. The molecule has 1 N–H and O–H groups in total. The Hall–Kier alpha value is -3.09. The molecule has 9 nitrogen and oxygen atoms in total. The van der Waals surface area contributed by atoms with E-state index in [1.54, 1.807) is 49.1 Å². The number of hydrogen-bond acceptors (Lipinski definition) is 7. The van der Waals surface area contributed by atoms with Gasteiger partial charge in [0.1, 0.15) is 0 Å². The lowest BCUT2D eigenvalue weighted by Crippen LogP contribution is -2.48. The van der Waals surface area contributed by atoms with E-state index >= 15 is 0 Å². The highest BCUT2D eigenvalue weighted by Gasteiger charge is 2.47. The lowest BCUT2D eigenvalue weighted by Gasteiger charge is -2.38. The fourth-order valence-electron chi connectivity index (χ4n) is 5.55. The topological polar surface area (TPSA) is 109 Å². The van der Waals surface area contributed by atoms with Crippen LogP contribution in [0.5, 0.6) is 11.5 Å². The molecule has 1 saturated carbocycles. The van der Waals surface area contributed by atoms with E-state index in [0.29, 0.717) is 55.3 Å². The Labute approximate surface area is 238 Å². The third-order valence-electron chi connectivity index (χ3n) is 7.93. The summed E-state index contributed by atoms with van der Waals surface area (Å²) in [6.45, 7) is 3.45. The Morgan fingerprint density at radius 3 is 2.39 bits per heavy atom. The molecule has 1 atom stereocenters. The standard InChI is InChI=1S/C29H35F2N3O6S/c1-18-5-4-6-21(15-18)26(41(36,37)38)33-13-11-22(12-14-33)34-27(35)29(2,3)25(32-34)20-9-10-23(40-28(30)31)24(16-20)39-17-19-7-8-19/h4-6,9-10,15-16,19,22,26,28H,7-8,11-14,17H2,1-3H3,(H,36,37,38). The Balaban J connectivity index is 1.36. The number of halogens is 2. The number of piperidine rings is 1. The number of nitrogens with zero attached hydrogens (tertiary/aromatic N) is 3. The molecule has 2 aromatic rings. The monoisotopic (exact) mass is 591 g/mol. The minimum Gasteiger partial charge on any atom is -0.489 e. The summed E-state index contributed by atoms with van der Waals surface area (Å²) in [6, 6.07) is 11.4. The van der Waals surface area contributed by atoms with Crippen LogP contribution in [-0.2, 0) is 14.9 Å². The van der Waals surface area contributed by atoms with Gasteiger partial charge in [0.15, 0.2) is 16.9 Å². The highest BCUT2D eigenvalue weighted by atomic mass is 32.2. The average molecular weight is 592 g/mol. The zero-order valence-electron chi connectivity index (χ0n) is 23.3. The Kier molecular flexibility index (Phi) is 8.10. The zero-order valence-corrected chi connectivity index (χ0v) is 24.1. The van der Waals surface area contributed by atoms with Crippen molar-refractivity contribution in [2.24, 2.45) is 16.4 Å². The van der Waals surface area contributed by atoms with E-state index in [-0.39, 0.29) is 23.4 Å². The lowest BCUT2D eigenvalue weighted by atomic mass is 9.83. The van der Waals surface area contributed by atoms with Crippen LogP contribution in [0.25, 0.3) is 0 Å². The summed E-state index contributed by atoms with van der Waals surface area (Å²) < 4.78 is 71.3. The van der Waals surface area contributed by atoms with Gasteiger partial charge in [-0.25, -0.2) is 5.01 Å². The second-order valence-corrected chi connectivity index (χ2v) is 13.0. The molecule has 2 aromatic carbocycles. The average Bonchev–Trinajstić information content (AvgIpc) is 3.69. The van der Waals surface area contributed by atoms with Crippen LogP contribution in [0.15, 0.2) is 47.6 Å². The number of likely N-dealkylation sites (tertiary alicyclic amines) is 1. The Morgan fingerprint density at radius 1 is 1.07 bits per heavy atom. The van der Waals surface area contributed by atoms with Crippen LogP contribution in [-0.4, -0.2) is 66.8 Å². The van der Waals surface area contributed by atoms with Crippen LogP contribution in [0, 0.1) is 18.3 Å². The van der Waals surface area contributed by atoms with Gasteiger partial charge in [0, 0.05) is 18.7 Å². The molecule has 0 radical (unpaired) electrons. The first-order chi connectivity index (χ1) is 19.3. The van der Waals surface area contributed by atoms with Gasteiger partial charge < -0.3 is 9.47 Å². The number of alkyl halides is 2. The van der Waals surface area contributed by atoms with Crippen LogP contribution in [0.2, 0.25) is 0 Å². The van der Waals surface area contributed by atoms with Crippen molar-refractivity contribution in [3.8, 4) is 11.5 Å². The minimum atomic E-state index is -4.42. The van der Waals surface area contributed by atoms with Crippen molar-refractivity contribution in [1.29, 1.82) is 0 Å². The maximum Gasteiger partial charge on any atom is 0.387 e. The summed E-state index contributed by atoms with van der Waals surface area (Å²) in [5, 5.41) is 4.98. The summed E-state index contributed by atoms with van der Waals surface area (Å²) in [6.07, 6.45) is 2.96. The first kappa shape index (κ1) is 29.4. The second-order valence-electron chi connectivity index (χ2n) is 11.6. The molecule has 2 heterocycles. The van der Waals surface area contributed by atoms with Gasteiger partial charge in [0.2, 0.25) is 0 Å². The minimum absolute atomic E-state index is 0.0710. The highest BCUT2D eigenvalue weighted by Crippen LogP contribution is 2.40. The molecule has 0 aromatic heterocycles. The third kappa shape index (κ3) is 6.39. The maximum absolute atomic E-state index is 13.6. The van der Waals surface area contributed by atoms with E-state index in [0.717, 1.165) is 18.4 Å². The number of amides is 1. The van der Waals surface area contributed by atoms with Gasteiger partial charge in [-0.05, 0) is 76.1 Å². The van der Waals surface area contributed by atoms with Gasteiger partial charge >= 0.3 is 6.61 Å². The molecular formula is C29H35F2N3O6S. The number of aryl methyl sites for hydroxylation is 1. The van der Waals surface area contributed by atoms with Gasteiger partial charge in [0.25, 0.3) is 16.0 Å². The number of rotatable bonds is 10. The number of carbonyl (C=O) groups is 1. The third-order valence-corrected chi connectivity index (χ3v) is 9.07. The number of hydrogen-bond donors (Lipinski definition) is 1. The number of benzene rings is 2. The maximum atomic E-state index is 13.6. The molecular weight excluding hydrogens is 556 g/mol. The molecule has 1 saturated heterocycles. The molecule has 5 rings (SSSR count). The normalized spacial score (nSPS) is 20.8. The summed E-state index contributed by atoms with van der Waals surface area (Å²) in [5.41, 5.74) is 1.44. The van der Waals surface area contributed by atoms with Gasteiger partial charge in [-0.2, -0.15) is 22.3 Å². The van der Waals surface area contributed by atoms with Crippen LogP contribution in [0.3, 0.4) is 0 Å². The van der Waals surface area contributed by atoms with E-state index in [2.05, 4.69) is 4.74 Å². The summed E-state index contributed by atoms with van der Waals surface area (Å²) in [4.78, 5) is 15.3. The fourth-order valence-corrected chi connectivity index (χ4v) is 6.62. The van der Waals surface area contributed by atoms with E-state index in [9.17, 15) is 26.5 Å². The molecule has 222 valence electrons. The number of hydrazone groups is 1. The quantitative estimate of drug-likeness (QED) is 0.387. The van der Waals surface area contributed by atoms with Gasteiger partial charge in [-0.15, -0.1) is 0 Å². The smallest absolute Gasteiger partial charge is 0.387 e. The van der Waals surface area contributed by atoms with Crippen molar-refractivity contribution in [3.05, 3.63) is 59.2 Å². The Morgan fingerprint density at radius 2 is 1.78 bits per heavy atom. The SMILES string of the molecule is Cc1cccc(C(N2CCC(N3N=C(c4ccc(OC(F)F)c(OCC5CC5)c4)C(C)(C)C3=O)CC2)S(=O)(=O)O)c1. The predicted molar refractivity (Wildman–Crippen MR) is 149 cm³/mol. The van der Waals surface area contributed by atoms with E-state index in [1.165, 1.54) is 11.1 Å². The van der Waals surface area contributed by atoms with Crippen LogP contribution < -0.4 is 9.47 Å². The van der Waals surface area contributed by atoms with Crippen molar-refractivity contribution in [1.82, 2.24) is 9.91 Å². The molecule has 12 heteroatoms. The first-order valence-electron chi connectivity index (χ1n) is 13.8. The highest BCUT2D eigenvalue weighted by molar-refractivity contribution is 7.86. The predicted octanol–water partition coefficient (Wildman–Crippen LogP) is 5.01. The number of carbonyl (C=O) groups excluding carboxylic acids is 1. The van der Waals surface area contributed by atoms with Crippen LogP contribution in [0.1, 0.15) is 61.6 Å². The van der Waals surface area contributed by atoms with Crippen molar-refractivity contribution < 1.29 is 36.0 Å². The zero-order chi connectivity index (χ0) is 29.5. The fraction of sp³-hybridized carbons (Fsp3) is 0.517. The summed E-state index contributed by atoms with van der Waals surface area (Å²) in [7, 11) is -4.42. The van der Waals surface area contributed by atoms with E-state index in [1.807, 2.05) is 13.0 Å². The van der Waals surface area contributed by atoms with Crippen LogP contribution >= 0.6 is 0 Å². The molecule has 0 bridgehead atoms. The second kappa shape index (κ2) is 11.3. The van der Waals surface area contributed by atoms with E-state index in [4.69, 9.17) is 9.84 Å². The van der Waals surface area contributed by atoms with Crippen molar-refractivity contribution >= 4 is 21.7 Å². The van der Waals surface area contributed by atoms with E-state index < -0.39 is 27.5 Å². The lowest BCUT2D eigenvalue weighted by molar-refractivity contribution is -0.138. The van der Waals surface area contributed by atoms with Crippen molar-refractivity contribution in [2.75, 3.05) is 19.7 Å². The van der Waals surface area contributed by atoms with Crippen molar-refractivity contribution in [3.63, 3.8) is 0 Å². The molecule has 0 spiro atoms. The van der Waals surface area contributed by atoms with Crippen molar-refractivity contribution in [2.45, 2.75) is 64.5 Å². The molecule has 2 fully saturated rings. The largest absolute Gasteiger partial charge is 0.489 e. The number of ether oxygens (including phenoxy) is 2. The van der Waals surface area contributed by atoms with Gasteiger partial charge in [0.05, 0.1) is 23.8 Å². The first-order valence-corrected chi connectivity index (χ1v) is 15.3.